The molecule has 0 unspecified atom stereocenters. The van der Waals surface area contributed by atoms with Crippen LogP contribution in [0.1, 0.15) is 40.2 Å². The molecule has 1 rings (SSSR count). The lowest BCUT2D eigenvalue weighted by atomic mass is 9.84. The van der Waals surface area contributed by atoms with Gasteiger partial charge in [0.05, 0.1) is 6.54 Å². The molecule has 0 fully saturated rings. The predicted molar refractivity (Wildman–Crippen MR) is 112 cm³/mol. The third kappa shape index (κ3) is 9.04. The van der Waals surface area contributed by atoms with E-state index in [9.17, 15) is 9.18 Å². The Hall–Kier alpha value is -1.38. The van der Waals surface area contributed by atoms with E-state index in [1.54, 1.807) is 13.1 Å². The maximum absolute atomic E-state index is 13.4. The Labute approximate surface area is 167 Å². The van der Waals surface area contributed by atoms with Crippen LogP contribution < -0.4 is 16.0 Å². The number of hydrogen-bond donors (Lipinski definition) is 3. The van der Waals surface area contributed by atoms with Crippen molar-refractivity contribution in [2.75, 3.05) is 20.1 Å². The molecule has 0 saturated heterocycles. The van der Waals surface area contributed by atoms with Crippen molar-refractivity contribution in [2.24, 2.45) is 4.99 Å². The second-order valence-electron chi connectivity index (χ2n) is 7.47. The van der Waals surface area contributed by atoms with Crippen molar-refractivity contribution in [3.8, 4) is 0 Å². The minimum atomic E-state index is -0.284. The Morgan fingerprint density at radius 1 is 1.16 bits per heavy atom. The number of carbonyl (C=O) groups excluding carboxylic acids is 1. The highest BCUT2D eigenvalue weighted by molar-refractivity contribution is 14.0. The number of hydrogen-bond acceptors (Lipinski definition) is 2. The third-order valence-corrected chi connectivity index (χ3v) is 3.46. The van der Waals surface area contributed by atoms with Crippen LogP contribution in [0.4, 0.5) is 4.39 Å². The number of amides is 1. The smallest absolute Gasteiger partial charge is 0.239 e. The first-order valence-corrected chi connectivity index (χ1v) is 8.05. The number of benzene rings is 1. The van der Waals surface area contributed by atoms with Gasteiger partial charge < -0.3 is 16.0 Å². The van der Waals surface area contributed by atoms with Crippen molar-refractivity contribution in [2.45, 2.75) is 45.6 Å². The maximum atomic E-state index is 13.4. The molecule has 5 nitrogen and oxygen atoms in total. The van der Waals surface area contributed by atoms with Gasteiger partial charge in [-0.2, -0.15) is 0 Å². The van der Waals surface area contributed by atoms with Gasteiger partial charge in [-0.15, -0.1) is 24.0 Å². The molecule has 0 radical (unpaired) electrons. The summed E-state index contributed by atoms with van der Waals surface area (Å²) in [6.45, 7) is 10.5. The van der Waals surface area contributed by atoms with Crippen LogP contribution in [-0.4, -0.2) is 37.5 Å². The minimum absolute atomic E-state index is 0. The molecular formula is C18H30FIN4O. The number of halogens is 2. The summed E-state index contributed by atoms with van der Waals surface area (Å²) in [6, 6.07) is 6.57. The highest BCUT2D eigenvalue weighted by atomic mass is 127. The van der Waals surface area contributed by atoms with Gasteiger partial charge in [0.25, 0.3) is 0 Å². The molecule has 1 aromatic rings. The molecule has 7 heteroatoms. The van der Waals surface area contributed by atoms with Crippen LogP contribution in [0.3, 0.4) is 0 Å². The molecule has 3 N–H and O–H groups in total. The van der Waals surface area contributed by atoms with E-state index >= 15 is 0 Å². The Bertz CT molecular complexity index is 597. The summed E-state index contributed by atoms with van der Waals surface area (Å²) in [4.78, 5) is 16.0. The first-order chi connectivity index (χ1) is 11.0. The molecule has 25 heavy (non-hydrogen) atoms. The second-order valence-corrected chi connectivity index (χ2v) is 7.47. The highest BCUT2D eigenvalue weighted by Crippen LogP contribution is 2.22. The lowest BCUT2D eigenvalue weighted by Crippen LogP contribution is -2.49. The first kappa shape index (κ1) is 23.6. The molecule has 0 heterocycles. The zero-order valence-corrected chi connectivity index (χ0v) is 18.2. The van der Waals surface area contributed by atoms with E-state index in [0.717, 1.165) is 5.56 Å². The first-order valence-electron chi connectivity index (χ1n) is 8.05. The van der Waals surface area contributed by atoms with E-state index in [-0.39, 0.29) is 53.2 Å². The molecule has 0 aromatic heterocycles. The van der Waals surface area contributed by atoms with Gasteiger partial charge in [-0.3, -0.25) is 9.79 Å². The molecule has 0 spiro atoms. The number of nitrogens with one attached hydrogen (secondary N) is 3. The summed E-state index contributed by atoms with van der Waals surface area (Å²) >= 11 is 0. The normalized spacial score (nSPS) is 12.2. The lowest BCUT2D eigenvalue weighted by Gasteiger charge is -2.27. The molecule has 1 aromatic carbocycles. The van der Waals surface area contributed by atoms with Crippen molar-refractivity contribution in [1.29, 1.82) is 0 Å². The van der Waals surface area contributed by atoms with E-state index in [0.29, 0.717) is 12.5 Å². The van der Waals surface area contributed by atoms with E-state index in [4.69, 9.17) is 0 Å². The fourth-order valence-corrected chi connectivity index (χ4v) is 2.16. The molecule has 0 bridgehead atoms. The van der Waals surface area contributed by atoms with Crippen LogP contribution in [-0.2, 0) is 10.2 Å². The van der Waals surface area contributed by atoms with Gasteiger partial charge in [0.1, 0.15) is 5.82 Å². The molecular weight excluding hydrogens is 434 g/mol. The van der Waals surface area contributed by atoms with Crippen molar-refractivity contribution in [3.63, 3.8) is 0 Å². The van der Waals surface area contributed by atoms with Crippen molar-refractivity contribution in [3.05, 3.63) is 35.6 Å². The van der Waals surface area contributed by atoms with Crippen LogP contribution in [0, 0.1) is 5.82 Å². The van der Waals surface area contributed by atoms with Gasteiger partial charge in [0, 0.05) is 24.5 Å². The second kappa shape index (κ2) is 9.94. The van der Waals surface area contributed by atoms with E-state index in [1.807, 2.05) is 40.7 Å². The number of guanidine groups is 1. The average Bonchev–Trinajstić information content (AvgIpc) is 2.45. The van der Waals surface area contributed by atoms with Crippen molar-refractivity contribution >= 4 is 35.8 Å². The molecule has 0 atom stereocenters. The molecule has 0 aliphatic rings. The van der Waals surface area contributed by atoms with Gasteiger partial charge in [-0.1, -0.05) is 26.0 Å². The minimum Gasteiger partial charge on any atom is -0.356 e. The number of aliphatic imine (C=N–C) groups is 1. The Morgan fingerprint density at radius 3 is 2.32 bits per heavy atom. The quantitative estimate of drug-likeness (QED) is 0.357. The molecule has 0 aliphatic carbocycles. The zero-order valence-electron chi connectivity index (χ0n) is 15.9. The van der Waals surface area contributed by atoms with Gasteiger partial charge in [-0.05, 0) is 38.5 Å². The van der Waals surface area contributed by atoms with E-state index < -0.39 is 0 Å². The molecule has 0 aliphatic heterocycles. The summed E-state index contributed by atoms with van der Waals surface area (Å²) in [5.41, 5.74) is 0.346. The van der Waals surface area contributed by atoms with E-state index in [1.165, 1.54) is 12.1 Å². The number of nitrogens with zero attached hydrogens (tertiary/aromatic N) is 1. The SMILES string of the molecule is CN=C(NCC(=O)NC(C)(C)C)NCC(C)(C)c1cccc(F)c1.I. The van der Waals surface area contributed by atoms with Crippen LogP contribution in [0.15, 0.2) is 29.3 Å². The van der Waals surface area contributed by atoms with Gasteiger partial charge in [0.15, 0.2) is 5.96 Å². The maximum Gasteiger partial charge on any atom is 0.239 e. The Kier molecular flexibility index (Phi) is 9.39. The molecule has 1 amide bonds. The average molecular weight is 464 g/mol. The summed E-state index contributed by atoms with van der Waals surface area (Å²) in [7, 11) is 1.65. The molecule has 0 saturated carbocycles. The Morgan fingerprint density at radius 2 is 1.80 bits per heavy atom. The van der Waals surface area contributed by atoms with Crippen LogP contribution >= 0.6 is 24.0 Å². The van der Waals surface area contributed by atoms with Crippen LogP contribution in [0.25, 0.3) is 0 Å². The third-order valence-electron chi connectivity index (χ3n) is 3.46. The summed E-state index contributed by atoms with van der Waals surface area (Å²) in [5, 5.41) is 9.04. The summed E-state index contributed by atoms with van der Waals surface area (Å²) in [5.74, 6) is 0.181. The topological polar surface area (TPSA) is 65.5 Å². The number of rotatable bonds is 5. The van der Waals surface area contributed by atoms with Crippen LogP contribution in [0.5, 0.6) is 0 Å². The zero-order chi connectivity index (χ0) is 18.4. The van der Waals surface area contributed by atoms with Gasteiger partial charge in [0.2, 0.25) is 5.91 Å². The largest absolute Gasteiger partial charge is 0.356 e. The monoisotopic (exact) mass is 464 g/mol. The van der Waals surface area contributed by atoms with Crippen molar-refractivity contribution in [1.82, 2.24) is 16.0 Å². The highest BCUT2D eigenvalue weighted by Gasteiger charge is 2.21. The fraction of sp³-hybridized carbons (Fsp3) is 0.556. The Balaban J connectivity index is 0.00000576. The summed E-state index contributed by atoms with van der Waals surface area (Å²) < 4.78 is 13.4. The van der Waals surface area contributed by atoms with Gasteiger partial charge in [-0.25, -0.2) is 4.39 Å². The standard InChI is InChI=1S/C18H29FN4O.HI/c1-17(2,3)23-15(24)11-21-16(20-6)22-12-18(4,5)13-8-7-9-14(19)10-13;/h7-10H,11-12H2,1-6H3,(H,23,24)(H2,20,21,22);1H. The van der Waals surface area contributed by atoms with E-state index in [2.05, 4.69) is 20.9 Å². The summed E-state index contributed by atoms with van der Waals surface area (Å²) in [6.07, 6.45) is 0. The fourth-order valence-electron chi connectivity index (χ4n) is 2.16. The lowest BCUT2D eigenvalue weighted by molar-refractivity contribution is -0.121. The van der Waals surface area contributed by atoms with Crippen molar-refractivity contribution < 1.29 is 9.18 Å². The predicted octanol–water partition coefficient (Wildman–Crippen LogP) is 2.80. The van der Waals surface area contributed by atoms with Crippen LogP contribution in [0.2, 0.25) is 0 Å². The molecule has 142 valence electrons. The number of carbonyl (C=O) groups is 1. The van der Waals surface area contributed by atoms with Gasteiger partial charge >= 0.3 is 0 Å².